The molecular formula is C41H38N6NaO9P. The number of aliphatic hydroxyl groups is 1. The molecule has 10 bridgehead atoms. The number of rotatable bonds is 6. The van der Waals surface area contributed by atoms with Gasteiger partial charge in [0.15, 0.2) is 23.4 Å². The van der Waals surface area contributed by atoms with Gasteiger partial charge in [0.25, 0.3) is 5.91 Å². The topological polar surface area (TPSA) is 217 Å². The number of ether oxygens (including phenoxy) is 1. The van der Waals surface area contributed by atoms with Crippen LogP contribution in [0.15, 0.2) is 75.8 Å². The summed E-state index contributed by atoms with van der Waals surface area (Å²) in [4.78, 5) is 60.7. The predicted octanol–water partition coefficient (Wildman–Crippen LogP) is 2.13. The van der Waals surface area contributed by atoms with Gasteiger partial charge >= 0.3 is 29.6 Å². The van der Waals surface area contributed by atoms with Crippen LogP contribution in [0.25, 0.3) is 44.9 Å². The van der Waals surface area contributed by atoms with Crippen molar-refractivity contribution < 1.29 is 72.2 Å². The molecule has 5 N–H and O–H groups in total. The van der Waals surface area contributed by atoms with E-state index in [1.807, 2.05) is 56.3 Å². The maximum atomic E-state index is 14.3. The van der Waals surface area contributed by atoms with Gasteiger partial charge in [-0.2, -0.15) is 0 Å². The quantitative estimate of drug-likeness (QED) is 0.121. The van der Waals surface area contributed by atoms with Gasteiger partial charge in [0.1, 0.15) is 28.8 Å². The van der Waals surface area contributed by atoms with Crippen LogP contribution in [0.1, 0.15) is 74.9 Å². The second-order valence-corrected chi connectivity index (χ2v) is 17.0. The summed E-state index contributed by atoms with van der Waals surface area (Å²) in [6.45, 7) is 7.27. The number of benzene rings is 3. The van der Waals surface area contributed by atoms with Crippen molar-refractivity contribution in [2.24, 2.45) is 5.92 Å². The molecule has 0 radical (unpaired) electrons. The van der Waals surface area contributed by atoms with E-state index in [1.54, 1.807) is 26.0 Å². The molecule has 5 atom stereocenters. The van der Waals surface area contributed by atoms with E-state index in [-0.39, 0.29) is 83.5 Å². The van der Waals surface area contributed by atoms with Crippen molar-refractivity contribution in [3.63, 3.8) is 0 Å². The fourth-order valence-corrected chi connectivity index (χ4v) is 9.71. The van der Waals surface area contributed by atoms with Crippen molar-refractivity contribution in [3.05, 3.63) is 95.3 Å². The smallest absolute Gasteiger partial charge is 0.761 e. The fraction of sp³-hybridized carbons (Fsp3) is 0.317. The Bertz CT molecular complexity index is 2750. The maximum Gasteiger partial charge on any atom is 1.00 e. The van der Waals surface area contributed by atoms with Crippen molar-refractivity contribution in [2.75, 3.05) is 5.32 Å². The Kier molecular flexibility index (Phi) is 8.96. The number of hydrogen-bond donors (Lipinski definition) is 5. The number of carbonyl (C=O) groups excluding carboxylic acids is 2. The van der Waals surface area contributed by atoms with Gasteiger partial charge in [-0.15, -0.1) is 0 Å². The average Bonchev–Trinajstić information content (AvgIpc) is 4.01. The van der Waals surface area contributed by atoms with Crippen molar-refractivity contribution in [1.82, 2.24) is 24.9 Å². The molecular weight excluding hydrogens is 774 g/mol. The summed E-state index contributed by atoms with van der Waals surface area (Å²) in [5.74, 6) is -0.0325. The van der Waals surface area contributed by atoms with Crippen LogP contribution in [0.5, 0.6) is 5.75 Å². The van der Waals surface area contributed by atoms with Gasteiger partial charge in [-0.1, -0.05) is 70.2 Å². The van der Waals surface area contributed by atoms with Crippen LogP contribution in [0.3, 0.4) is 0 Å². The Morgan fingerprint density at radius 3 is 2.59 bits per heavy atom. The molecule has 10 rings (SSSR count). The van der Waals surface area contributed by atoms with E-state index >= 15 is 0 Å². The number of nitrogens with one attached hydrogen (secondary N) is 3. The summed E-state index contributed by atoms with van der Waals surface area (Å²) in [6, 6.07) is 14.8. The number of carbonyl (C=O) groups is 2. The Labute approximate surface area is 354 Å². The summed E-state index contributed by atoms with van der Waals surface area (Å²) in [7, 11) is -5.07. The predicted molar refractivity (Wildman–Crippen MR) is 205 cm³/mol. The monoisotopic (exact) mass is 812 g/mol. The first kappa shape index (κ1) is 38.8. The van der Waals surface area contributed by atoms with E-state index in [9.17, 15) is 29.0 Å². The number of anilines is 1. The zero-order chi connectivity index (χ0) is 39.8. The number of oxazole rings is 2. The van der Waals surface area contributed by atoms with E-state index in [0.717, 1.165) is 15.5 Å². The molecule has 15 nitrogen and oxygen atoms in total. The number of nitrogens with zero attached hydrogens (tertiary/aromatic N) is 3. The molecule has 58 heavy (non-hydrogen) atoms. The molecule has 292 valence electrons. The summed E-state index contributed by atoms with van der Waals surface area (Å²) in [5, 5.41) is 21.2. The molecule has 2 unspecified atom stereocenters. The Balaban J connectivity index is 0.00000436. The largest absolute Gasteiger partial charge is 1.00 e. The van der Waals surface area contributed by atoms with Gasteiger partial charge in [0.2, 0.25) is 25.4 Å². The summed E-state index contributed by atoms with van der Waals surface area (Å²) in [6.07, 6.45) is 2.44. The first-order chi connectivity index (χ1) is 27.3. The molecule has 2 amide bonds. The number of hydrogen-bond acceptors (Lipinski definition) is 11. The molecule has 0 fully saturated rings. The second-order valence-electron chi connectivity index (χ2n) is 15.5. The standard InChI is InChI=1S/C41H39N6O9P.Na/c1-5-40(50,6-2)38(49)43-26-16-20-13-14-28-25(15-20)41-24-11-7-10-22(32(24)46-39(41)55-28)21-9-8-12-27-30(21)23(18-47(27)57(51,52)53)29-17-42-36(54-29)33-34(41)56-37(45-33)31(19(3)4)44-35(26)48;/h7-15,17-19,26,31,39,46,50H,5-6,16H2,1-4H3,(H,43,49)(H,44,48)(H2,51,52,53);/q;+1/p-1/t26-,31-,39?,41-;/m0./s1. The number of para-hydroxylation sites is 1. The molecule has 4 aliphatic heterocycles. The minimum Gasteiger partial charge on any atom is -0.761 e. The average molecular weight is 813 g/mol. The van der Waals surface area contributed by atoms with E-state index in [2.05, 4.69) is 20.9 Å². The van der Waals surface area contributed by atoms with Crippen LogP contribution in [0.4, 0.5) is 5.69 Å². The molecule has 0 aliphatic carbocycles. The van der Waals surface area contributed by atoms with E-state index < -0.39 is 48.9 Å². The molecule has 4 aliphatic rings. The third-order valence-electron chi connectivity index (χ3n) is 12.1. The number of fused-ring (bicyclic) bond motifs is 7. The van der Waals surface area contributed by atoms with E-state index in [0.29, 0.717) is 44.8 Å². The molecule has 17 heteroatoms. The Hall–Kier alpha value is -4.73. The third-order valence-corrected chi connectivity index (χ3v) is 13.0. The minimum absolute atomic E-state index is 0. The van der Waals surface area contributed by atoms with Crippen LogP contribution in [-0.4, -0.2) is 54.0 Å². The van der Waals surface area contributed by atoms with Crippen molar-refractivity contribution >= 4 is 36.2 Å². The number of amides is 2. The van der Waals surface area contributed by atoms with Crippen molar-refractivity contribution in [1.29, 1.82) is 0 Å². The van der Waals surface area contributed by atoms with Gasteiger partial charge in [-0.05, 0) is 42.0 Å². The summed E-state index contributed by atoms with van der Waals surface area (Å²) >= 11 is 0. The van der Waals surface area contributed by atoms with Gasteiger partial charge in [-0.3, -0.25) is 18.5 Å². The van der Waals surface area contributed by atoms with E-state index in [4.69, 9.17) is 18.6 Å². The van der Waals surface area contributed by atoms with Gasteiger partial charge < -0.3 is 44.4 Å². The molecule has 0 saturated heterocycles. The fourth-order valence-electron chi connectivity index (χ4n) is 9.01. The summed E-state index contributed by atoms with van der Waals surface area (Å²) < 4.78 is 33.9. The van der Waals surface area contributed by atoms with Gasteiger partial charge in [0, 0.05) is 45.9 Å². The van der Waals surface area contributed by atoms with E-state index in [1.165, 1.54) is 12.4 Å². The Morgan fingerprint density at radius 2 is 1.84 bits per heavy atom. The van der Waals surface area contributed by atoms with Gasteiger partial charge in [0.05, 0.1) is 11.7 Å². The first-order valence-electron chi connectivity index (χ1n) is 19.0. The molecule has 7 heterocycles. The second kappa shape index (κ2) is 13.4. The van der Waals surface area contributed by atoms with Crippen LogP contribution in [-0.2, 0) is 26.0 Å². The Morgan fingerprint density at radius 1 is 1.09 bits per heavy atom. The SMILES string of the molecule is CCC(O)(CC)C(=O)N[C@H]1Cc2ccc3c(c2)[C@]24c5cccc(c5NC2O3)-c2cccc3c2c(cn3P(=O)([O-])O)-c2cnc(o2)-c2nc(oc24)[C@H](C(C)C)NC1=O.[Na+]. The zero-order valence-electron chi connectivity index (χ0n) is 32.3. The van der Waals surface area contributed by atoms with Crippen LogP contribution in [0, 0.1) is 5.92 Å². The normalized spacial score (nSPS) is 22.1. The van der Waals surface area contributed by atoms with Crippen molar-refractivity contribution in [2.45, 2.75) is 76.3 Å². The third kappa shape index (κ3) is 5.37. The molecule has 0 saturated carbocycles. The maximum absolute atomic E-state index is 14.3. The molecule has 3 aromatic heterocycles. The molecule has 6 aromatic rings. The van der Waals surface area contributed by atoms with Crippen LogP contribution >= 0.6 is 7.75 Å². The molecule has 1 spiro atoms. The van der Waals surface area contributed by atoms with Crippen molar-refractivity contribution in [3.8, 4) is 39.8 Å². The summed E-state index contributed by atoms with van der Waals surface area (Å²) in [5.41, 5.74) is 2.27. The molecule has 3 aromatic carbocycles. The first-order valence-corrected chi connectivity index (χ1v) is 20.5. The van der Waals surface area contributed by atoms with Crippen LogP contribution in [0.2, 0.25) is 0 Å². The zero-order valence-corrected chi connectivity index (χ0v) is 35.2. The minimum atomic E-state index is -5.07. The number of aromatic nitrogens is 3. The van der Waals surface area contributed by atoms with Crippen LogP contribution < -0.4 is 55.1 Å². The van der Waals surface area contributed by atoms with Gasteiger partial charge in [-0.25, -0.2) is 9.97 Å².